The monoisotopic (exact) mass is 225 g/mol. The predicted molar refractivity (Wildman–Crippen MR) is 60.1 cm³/mol. The molecule has 1 N–H and O–H groups in total. The fourth-order valence-corrected chi connectivity index (χ4v) is 2.29. The van der Waals surface area contributed by atoms with Gasteiger partial charge in [0.25, 0.3) is 0 Å². The van der Waals surface area contributed by atoms with Gasteiger partial charge in [-0.05, 0) is 24.3 Å². The van der Waals surface area contributed by atoms with E-state index in [1.807, 2.05) is 12.3 Å². The maximum absolute atomic E-state index is 9.29. The maximum atomic E-state index is 9.29. The molecular weight excluding hydrogens is 210 g/mol. The van der Waals surface area contributed by atoms with Gasteiger partial charge in [-0.3, -0.25) is 0 Å². The van der Waals surface area contributed by atoms with Crippen LogP contribution in [0.4, 0.5) is 0 Å². The summed E-state index contributed by atoms with van der Waals surface area (Å²) >= 11 is 1.60. The minimum absolute atomic E-state index is 0.0141. The third kappa shape index (κ3) is 2.33. The number of aromatic nitrogens is 1. The first kappa shape index (κ1) is 10.9. The fraction of sp³-hybridized carbons (Fsp3) is 0.545. The van der Waals surface area contributed by atoms with Gasteiger partial charge in [-0.2, -0.15) is 0 Å². The average Bonchev–Trinajstić information content (AvgIpc) is 2.81. The smallest absolute Gasteiger partial charge is 0.0961 e. The van der Waals surface area contributed by atoms with Crippen molar-refractivity contribution in [2.24, 2.45) is 0 Å². The Balaban J connectivity index is 2.29. The maximum Gasteiger partial charge on any atom is 0.0961 e. The lowest BCUT2D eigenvalue weighted by Gasteiger charge is -2.12. The lowest BCUT2D eigenvalue weighted by molar-refractivity contribution is 0.193. The Hall–Kier alpha value is -0.580. The molecule has 82 valence electrons. The summed E-state index contributed by atoms with van der Waals surface area (Å²) in [6.45, 7) is 1.59. The summed E-state index contributed by atoms with van der Waals surface area (Å²) in [5.74, 6) is 0.413. The van der Waals surface area contributed by atoms with Gasteiger partial charge < -0.3 is 9.84 Å². The molecule has 1 aromatic rings. The zero-order valence-electron chi connectivity index (χ0n) is 8.77. The molecule has 1 atom stereocenters. The van der Waals surface area contributed by atoms with Crippen LogP contribution in [0.2, 0.25) is 0 Å². The third-order valence-corrected chi connectivity index (χ3v) is 3.36. The molecule has 0 bridgehead atoms. The van der Waals surface area contributed by atoms with Gasteiger partial charge in [0, 0.05) is 12.5 Å². The molecular formula is C11H15NO2S. The van der Waals surface area contributed by atoms with E-state index in [9.17, 15) is 5.11 Å². The minimum Gasteiger partial charge on any atom is -0.390 e. The SMILES string of the molecule is CSc1ccc(C2CCOC2)c(CO)n1. The van der Waals surface area contributed by atoms with Crippen LogP contribution in [0.25, 0.3) is 0 Å². The standard InChI is InChI=1S/C11H15NO2S/c1-15-11-3-2-9(10(6-13)12-11)8-4-5-14-7-8/h2-3,8,13H,4-7H2,1H3. The van der Waals surface area contributed by atoms with Crippen molar-refractivity contribution in [2.75, 3.05) is 19.5 Å². The highest BCUT2D eigenvalue weighted by Gasteiger charge is 2.21. The lowest BCUT2D eigenvalue weighted by Crippen LogP contribution is -2.05. The van der Waals surface area contributed by atoms with Gasteiger partial charge in [-0.25, -0.2) is 4.98 Å². The highest BCUT2D eigenvalue weighted by molar-refractivity contribution is 7.98. The first-order chi connectivity index (χ1) is 7.35. The van der Waals surface area contributed by atoms with Gasteiger partial charge in [-0.15, -0.1) is 11.8 Å². The molecule has 2 heterocycles. The van der Waals surface area contributed by atoms with Crippen LogP contribution >= 0.6 is 11.8 Å². The number of hydrogen-bond donors (Lipinski definition) is 1. The van der Waals surface area contributed by atoms with Crippen molar-refractivity contribution >= 4 is 11.8 Å². The third-order valence-electron chi connectivity index (χ3n) is 2.71. The highest BCUT2D eigenvalue weighted by atomic mass is 32.2. The number of hydrogen-bond acceptors (Lipinski definition) is 4. The van der Waals surface area contributed by atoms with E-state index in [0.717, 1.165) is 35.9 Å². The first-order valence-corrected chi connectivity index (χ1v) is 6.30. The Morgan fingerprint density at radius 3 is 3.07 bits per heavy atom. The Morgan fingerprint density at radius 1 is 1.60 bits per heavy atom. The van der Waals surface area contributed by atoms with Gasteiger partial charge in [0.05, 0.1) is 23.9 Å². The summed E-state index contributed by atoms with van der Waals surface area (Å²) in [6, 6.07) is 4.08. The normalized spacial score (nSPS) is 20.8. The molecule has 3 nitrogen and oxygen atoms in total. The molecule has 0 spiro atoms. The van der Waals surface area contributed by atoms with Crippen LogP contribution in [0.15, 0.2) is 17.2 Å². The minimum atomic E-state index is 0.0141. The molecule has 1 aliphatic heterocycles. The molecule has 0 radical (unpaired) electrons. The van der Waals surface area contributed by atoms with E-state index in [0.29, 0.717) is 5.92 Å². The van der Waals surface area contributed by atoms with Gasteiger partial charge in [-0.1, -0.05) is 6.07 Å². The van der Waals surface area contributed by atoms with Crippen LogP contribution in [0.3, 0.4) is 0 Å². The van der Waals surface area contributed by atoms with Gasteiger partial charge in [0.2, 0.25) is 0 Å². The van der Waals surface area contributed by atoms with E-state index in [4.69, 9.17) is 4.74 Å². The lowest BCUT2D eigenvalue weighted by atomic mass is 9.97. The van der Waals surface area contributed by atoms with E-state index in [2.05, 4.69) is 11.1 Å². The topological polar surface area (TPSA) is 42.4 Å². The molecule has 0 aliphatic carbocycles. The number of pyridine rings is 1. The molecule has 4 heteroatoms. The summed E-state index contributed by atoms with van der Waals surface area (Å²) < 4.78 is 5.35. The Morgan fingerprint density at radius 2 is 2.47 bits per heavy atom. The van der Waals surface area contributed by atoms with Crippen molar-refractivity contribution in [1.29, 1.82) is 0 Å². The molecule has 0 amide bonds. The van der Waals surface area contributed by atoms with Crippen molar-refractivity contribution < 1.29 is 9.84 Å². The van der Waals surface area contributed by atoms with Crippen LogP contribution < -0.4 is 0 Å². The number of aliphatic hydroxyl groups excluding tert-OH is 1. The van der Waals surface area contributed by atoms with Crippen LogP contribution in [0, 0.1) is 0 Å². The summed E-state index contributed by atoms with van der Waals surface area (Å²) in [6.07, 6.45) is 3.02. The number of nitrogens with zero attached hydrogens (tertiary/aromatic N) is 1. The predicted octanol–water partition coefficient (Wildman–Crippen LogP) is 1.80. The van der Waals surface area contributed by atoms with E-state index < -0.39 is 0 Å². The van der Waals surface area contributed by atoms with Gasteiger partial charge in [0.1, 0.15) is 0 Å². The Bertz CT molecular complexity index is 337. The van der Waals surface area contributed by atoms with E-state index in [1.54, 1.807) is 11.8 Å². The number of rotatable bonds is 3. The second-order valence-electron chi connectivity index (χ2n) is 3.61. The Labute approximate surface area is 93.9 Å². The van der Waals surface area contributed by atoms with Gasteiger partial charge >= 0.3 is 0 Å². The second-order valence-corrected chi connectivity index (χ2v) is 4.43. The number of aliphatic hydroxyl groups is 1. The van der Waals surface area contributed by atoms with Crippen LogP contribution in [-0.4, -0.2) is 29.6 Å². The van der Waals surface area contributed by atoms with Crippen LogP contribution in [-0.2, 0) is 11.3 Å². The highest BCUT2D eigenvalue weighted by Crippen LogP contribution is 2.28. The zero-order chi connectivity index (χ0) is 10.7. The molecule has 1 saturated heterocycles. The second kappa shape index (κ2) is 4.96. The first-order valence-electron chi connectivity index (χ1n) is 5.07. The molecule has 15 heavy (non-hydrogen) atoms. The Kier molecular flexibility index (Phi) is 3.61. The zero-order valence-corrected chi connectivity index (χ0v) is 9.59. The molecule has 0 aromatic carbocycles. The summed E-state index contributed by atoms with van der Waals surface area (Å²) in [5.41, 5.74) is 1.95. The number of ether oxygens (including phenoxy) is 1. The quantitative estimate of drug-likeness (QED) is 0.797. The van der Waals surface area contributed by atoms with Gasteiger partial charge in [0.15, 0.2) is 0 Å². The van der Waals surface area contributed by atoms with Crippen LogP contribution in [0.5, 0.6) is 0 Å². The molecule has 1 fully saturated rings. The fourth-order valence-electron chi connectivity index (χ4n) is 1.88. The van der Waals surface area contributed by atoms with E-state index >= 15 is 0 Å². The van der Waals surface area contributed by atoms with E-state index in [-0.39, 0.29) is 6.61 Å². The number of thioether (sulfide) groups is 1. The summed E-state index contributed by atoms with van der Waals surface area (Å²) in [4.78, 5) is 4.41. The molecule has 2 rings (SSSR count). The molecule has 1 aliphatic rings. The van der Waals surface area contributed by atoms with Crippen molar-refractivity contribution in [3.63, 3.8) is 0 Å². The van der Waals surface area contributed by atoms with Crippen molar-refractivity contribution in [3.8, 4) is 0 Å². The molecule has 0 saturated carbocycles. The molecule has 1 unspecified atom stereocenters. The molecule has 1 aromatic heterocycles. The van der Waals surface area contributed by atoms with Crippen molar-refractivity contribution in [2.45, 2.75) is 24.0 Å². The van der Waals surface area contributed by atoms with Crippen LogP contribution in [0.1, 0.15) is 23.6 Å². The van der Waals surface area contributed by atoms with E-state index in [1.165, 1.54) is 0 Å². The summed E-state index contributed by atoms with van der Waals surface area (Å²) in [7, 11) is 0. The van der Waals surface area contributed by atoms with Crippen molar-refractivity contribution in [1.82, 2.24) is 4.98 Å². The summed E-state index contributed by atoms with van der Waals surface area (Å²) in [5, 5.41) is 10.2. The average molecular weight is 225 g/mol. The largest absolute Gasteiger partial charge is 0.390 e. The van der Waals surface area contributed by atoms with Crippen molar-refractivity contribution in [3.05, 3.63) is 23.4 Å².